The fourth-order valence-corrected chi connectivity index (χ4v) is 2.89. The summed E-state index contributed by atoms with van der Waals surface area (Å²) in [6.45, 7) is 2.79. The van der Waals surface area contributed by atoms with Crippen LogP contribution >= 0.6 is 27.5 Å². The highest BCUT2D eigenvalue weighted by atomic mass is 79.9. The van der Waals surface area contributed by atoms with Crippen LogP contribution in [-0.4, -0.2) is 28.7 Å². The molecular weight excluding hydrogens is 326 g/mol. The molecule has 1 aliphatic carbocycles. The molecule has 1 aromatic carbocycles. The number of rotatable bonds is 5. The van der Waals surface area contributed by atoms with E-state index in [0.717, 1.165) is 36.7 Å². The Bertz CT molecular complexity index is 459. The molecule has 0 N–H and O–H groups in total. The van der Waals surface area contributed by atoms with Crippen LogP contribution in [0.3, 0.4) is 0 Å². The van der Waals surface area contributed by atoms with Crippen LogP contribution in [0.1, 0.15) is 41.6 Å². The van der Waals surface area contributed by atoms with E-state index in [2.05, 4.69) is 15.9 Å². The molecule has 19 heavy (non-hydrogen) atoms. The van der Waals surface area contributed by atoms with E-state index in [1.54, 1.807) is 0 Å². The number of alkyl halides is 1. The molecule has 0 radical (unpaired) electrons. The second kappa shape index (κ2) is 6.76. The lowest BCUT2D eigenvalue weighted by atomic mass is 9.90. The van der Waals surface area contributed by atoms with E-state index in [9.17, 15) is 4.79 Å². The molecule has 1 aliphatic rings. The number of carbonyl (C=O) groups excluding carboxylic acids is 1. The standard InChI is InChI=1S/C15H19BrClNO/c1-11-6-7-13(14(17)10-11)15(19)18(9-3-8-16)12-4-2-5-12/h6-7,10,12H,2-5,8-9H2,1H3. The van der Waals surface area contributed by atoms with Crippen molar-refractivity contribution in [3.05, 3.63) is 34.3 Å². The normalized spacial score (nSPS) is 15.1. The molecule has 104 valence electrons. The molecule has 4 heteroatoms. The van der Waals surface area contributed by atoms with Crippen LogP contribution in [-0.2, 0) is 0 Å². The third-order valence-electron chi connectivity index (χ3n) is 3.66. The lowest BCUT2D eigenvalue weighted by Crippen LogP contribution is -2.45. The third kappa shape index (κ3) is 3.51. The molecular formula is C15H19BrClNO. The van der Waals surface area contributed by atoms with Crippen molar-refractivity contribution in [3.8, 4) is 0 Å². The SMILES string of the molecule is Cc1ccc(C(=O)N(CCCBr)C2CCC2)c(Cl)c1. The van der Waals surface area contributed by atoms with Crippen molar-refractivity contribution >= 4 is 33.4 Å². The number of nitrogens with zero attached hydrogens (tertiary/aromatic N) is 1. The van der Waals surface area contributed by atoms with Gasteiger partial charge in [-0.15, -0.1) is 0 Å². The van der Waals surface area contributed by atoms with Crippen molar-refractivity contribution in [2.75, 3.05) is 11.9 Å². The van der Waals surface area contributed by atoms with Crippen LogP contribution in [0, 0.1) is 6.92 Å². The van der Waals surface area contributed by atoms with Gasteiger partial charge in [0.05, 0.1) is 10.6 Å². The van der Waals surface area contributed by atoms with Crippen molar-refractivity contribution < 1.29 is 4.79 Å². The first-order chi connectivity index (χ1) is 9.13. The number of halogens is 2. The number of amides is 1. The zero-order valence-corrected chi connectivity index (χ0v) is 13.5. The van der Waals surface area contributed by atoms with Crippen molar-refractivity contribution in [1.29, 1.82) is 0 Å². The highest BCUT2D eigenvalue weighted by molar-refractivity contribution is 9.09. The Morgan fingerprint density at radius 1 is 1.47 bits per heavy atom. The van der Waals surface area contributed by atoms with Gasteiger partial charge in [-0.05, 0) is 50.3 Å². The molecule has 0 bridgehead atoms. The van der Waals surface area contributed by atoms with E-state index in [1.165, 1.54) is 6.42 Å². The van der Waals surface area contributed by atoms with Gasteiger partial charge < -0.3 is 4.90 Å². The first-order valence-corrected chi connectivity index (χ1v) is 8.26. The van der Waals surface area contributed by atoms with Crippen LogP contribution in [0.4, 0.5) is 0 Å². The van der Waals surface area contributed by atoms with E-state index in [4.69, 9.17) is 11.6 Å². The van der Waals surface area contributed by atoms with Gasteiger partial charge in [0, 0.05) is 17.9 Å². The van der Waals surface area contributed by atoms with Crippen LogP contribution in [0.25, 0.3) is 0 Å². The van der Waals surface area contributed by atoms with Gasteiger partial charge in [0.2, 0.25) is 0 Å². The number of benzene rings is 1. The van der Waals surface area contributed by atoms with Gasteiger partial charge >= 0.3 is 0 Å². The van der Waals surface area contributed by atoms with Gasteiger partial charge in [0.25, 0.3) is 5.91 Å². The van der Waals surface area contributed by atoms with Crippen molar-refractivity contribution in [1.82, 2.24) is 4.90 Å². The van der Waals surface area contributed by atoms with E-state index in [1.807, 2.05) is 30.0 Å². The first-order valence-electron chi connectivity index (χ1n) is 6.76. The summed E-state index contributed by atoms with van der Waals surface area (Å²) >= 11 is 9.64. The zero-order valence-electron chi connectivity index (χ0n) is 11.2. The summed E-state index contributed by atoms with van der Waals surface area (Å²) in [4.78, 5) is 14.6. The van der Waals surface area contributed by atoms with Crippen LogP contribution in [0.5, 0.6) is 0 Å². The Morgan fingerprint density at radius 3 is 2.74 bits per heavy atom. The third-order valence-corrected chi connectivity index (χ3v) is 4.54. The van der Waals surface area contributed by atoms with Gasteiger partial charge in [0.15, 0.2) is 0 Å². The molecule has 1 amide bonds. The minimum absolute atomic E-state index is 0.0793. The Balaban J connectivity index is 2.17. The van der Waals surface area contributed by atoms with Gasteiger partial charge in [-0.25, -0.2) is 0 Å². The molecule has 2 nitrogen and oxygen atoms in total. The van der Waals surface area contributed by atoms with E-state index < -0.39 is 0 Å². The maximum absolute atomic E-state index is 12.6. The summed E-state index contributed by atoms with van der Waals surface area (Å²) in [7, 11) is 0. The second-order valence-corrected chi connectivity index (χ2v) is 6.31. The predicted molar refractivity (Wildman–Crippen MR) is 83.3 cm³/mol. The maximum atomic E-state index is 12.6. The number of hydrogen-bond acceptors (Lipinski definition) is 1. The summed E-state index contributed by atoms with van der Waals surface area (Å²) in [5.41, 5.74) is 1.71. The topological polar surface area (TPSA) is 20.3 Å². The van der Waals surface area contributed by atoms with E-state index in [0.29, 0.717) is 16.6 Å². The molecule has 0 atom stereocenters. The quantitative estimate of drug-likeness (QED) is 0.724. The van der Waals surface area contributed by atoms with Crippen molar-refractivity contribution in [2.45, 2.75) is 38.6 Å². The van der Waals surface area contributed by atoms with Gasteiger partial charge in [-0.1, -0.05) is 33.6 Å². The molecule has 0 aliphatic heterocycles. The summed E-state index contributed by atoms with van der Waals surface area (Å²) in [5.74, 6) is 0.0793. The first kappa shape index (κ1) is 14.9. The smallest absolute Gasteiger partial charge is 0.255 e. The Kier molecular flexibility index (Phi) is 5.28. The minimum Gasteiger partial charge on any atom is -0.336 e. The molecule has 2 rings (SSSR count). The molecule has 0 aromatic heterocycles. The second-order valence-electron chi connectivity index (χ2n) is 5.11. The fourth-order valence-electron chi connectivity index (χ4n) is 2.33. The lowest BCUT2D eigenvalue weighted by Gasteiger charge is -2.37. The average molecular weight is 345 g/mol. The maximum Gasteiger partial charge on any atom is 0.255 e. The predicted octanol–water partition coefficient (Wildman–Crippen LogP) is 4.43. The van der Waals surface area contributed by atoms with Crippen LogP contribution in [0.2, 0.25) is 5.02 Å². The minimum atomic E-state index is 0.0793. The van der Waals surface area contributed by atoms with Crippen molar-refractivity contribution in [3.63, 3.8) is 0 Å². The summed E-state index contributed by atoms with van der Waals surface area (Å²) in [6, 6.07) is 6.06. The fraction of sp³-hybridized carbons (Fsp3) is 0.533. The lowest BCUT2D eigenvalue weighted by molar-refractivity contribution is 0.0581. The Morgan fingerprint density at radius 2 is 2.21 bits per heavy atom. The number of carbonyl (C=O) groups is 1. The number of aryl methyl sites for hydroxylation is 1. The van der Waals surface area contributed by atoms with Gasteiger partial charge in [0.1, 0.15) is 0 Å². The number of hydrogen-bond donors (Lipinski definition) is 0. The monoisotopic (exact) mass is 343 g/mol. The summed E-state index contributed by atoms with van der Waals surface area (Å²) < 4.78 is 0. The van der Waals surface area contributed by atoms with E-state index in [-0.39, 0.29) is 5.91 Å². The summed E-state index contributed by atoms with van der Waals surface area (Å²) in [5, 5.41) is 1.48. The highest BCUT2D eigenvalue weighted by Gasteiger charge is 2.29. The molecule has 1 fully saturated rings. The van der Waals surface area contributed by atoms with Crippen LogP contribution < -0.4 is 0 Å². The molecule has 0 spiro atoms. The average Bonchev–Trinajstić information content (AvgIpc) is 2.31. The van der Waals surface area contributed by atoms with Gasteiger partial charge in [-0.3, -0.25) is 4.79 Å². The van der Waals surface area contributed by atoms with E-state index >= 15 is 0 Å². The highest BCUT2D eigenvalue weighted by Crippen LogP contribution is 2.28. The molecule has 0 saturated heterocycles. The largest absolute Gasteiger partial charge is 0.336 e. The molecule has 1 aromatic rings. The van der Waals surface area contributed by atoms with Crippen LogP contribution in [0.15, 0.2) is 18.2 Å². The summed E-state index contributed by atoms with van der Waals surface area (Å²) in [6.07, 6.45) is 4.45. The Labute approximate surface area is 128 Å². The van der Waals surface area contributed by atoms with Crippen molar-refractivity contribution in [2.24, 2.45) is 0 Å². The molecule has 0 unspecified atom stereocenters. The zero-order chi connectivity index (χ0) is 13.8. The molecule has 1 saturated carbocycles. The Hall–Kier alpha value is -0.540. The van der Waals surface area contributed by atoms with Gasteiger partial charge in [-0.2, -0.15) is 0 Å². The molecule has 0 heterocycles.